The molecule has 1 aromatic carbocycles. The van der Waals surface area contributed by atoms with Crippen LogP contribution < -0.4 is 5.73 Å². The Balaban J connectivity index is 0.00000192. The fraction of sp³-hybridized carbons (Fsp3) is 0.632. The number of fused-ring (bicyclic) bond motifs is 1. The highest BCUT2D eigenvalue weighted by Gasteiger charge is 2.43. The Hall–Kier alpha value is -1.06. The number of rotatable bonds is 1. The predicted octanol–water partition coefficient (Wildman–Crippen LogP) is 3.19. The molecular formula is C19H29ClN2O. The van der Waals surface area contributed by atoms with Crippen LogP contribution in [0.4, 0.5) is 0 Å². The Morgan fingerprint density at radius 3 is 2.52 bits per heavy atom. The zero-order valence-electron chi connectivity index (χ0n) is 14.5. The number of carbonyl (C=O) groups is 1. The Morgan fingerprint density at radius 2 is 1.87 bits per heavy atom. The quantitative estimate of drug-likeness (QED) is 0.856. The molecule has 0 radical (unpaired) electrons. The Morgan fingerprint density at radius 1 is 1.22 bits per heavy atom. The molecule has 0 aromatic heterocycles. The molecule has 2 aliphatic rings. The number of aryl methyl sites for hydroxylation is 1. The average molecular weight is 337 g/mol. The van der Waals surface area contributed by atoms with Gasteiger partial charge in [-0.15, -0.1) is 12.4 Å². The molecule has 1 fully saturated rings. The average Bonchev–Trinajstić information content (AvgIpc) is 2.49. The second-order valence-electron chi connectivity index (χ2n) is 8.12. The zero-order chi connectivity index (χ0) is 16.0. The van der Waals surface area contributed by atoms with Crippen LogP contribution >= 0.6 is 12.4 Å². The molecule has 1 aromatic rings. The molecule has 23 heavy (non-hydrogen) atoms. The zero-order valence-corrected chi connectivity index (χ0v) is 15.3. The largest absolute Gasteiger partial charge is 0.342 e. The summed E-state index contributed by atoms with van der Waals surface area (Å²) in [5.41, 5.74) is 8.72. The van der Waals surface area contributed by atoms with E-state index in [2.05, 4.69) is 49.9 Å². The summed E-state index contributed by atoms with van der Waals surface area (Å²) in [6.45, 7) is 8.09. The van der Waals surface area contributed by atoms with Crippen LogP contribution in [0, 0.1) is 10.8 Å². The SMILES string of the molecule is CC1(C(=O)N2CCC(N)C(C)(C)C2)CCc2ccccc2C1.Cl. The van der Waals surface area contributed by atoms with Gasteiger partial charge in [-0.05, 0) is 42.2 Å². The summed E-state index contributed by atoms with van der Waals surface area (Å²) in [6, 6.07) is 8.74. The maximum atomic E-state index is 13.2. The van der Waals surface area contributed by atoms with E-state index in [0.717, 1.165) is 38.8 Å². The van der Waals surface area contributed by atoms with Crippen molar-refractivity contribution in [2.24, 2.45) is 16.6 Å². The van der Waals surface area contributed by atoms with Crippen LogP contribution in [-0.2, 0) is 17.6 Å². The van der Waals surface area contributed by atoms with Crippen LogP contribution in [0.1, 0.15) is 44.7 Å². The number of benzene rings is 1. The van der Waals surface area contributed by atoms with Crippen molar-refractivity contribution in [3.63, 3.8) is 0 Å². The number of nitrogens with zero attached hydrogens (tertiary/aromatic N) is 1. The summed E-state index contributed by atoms with van der Waals surface area (Å²) in [6.07, 6.45) is 3.73. The summed E-state index contributed by atoms with van der Waals surface area (Å²) < 4.78 is 0. The molecule has 2 atom stereocenters. The molecule has 1 aliphatic heterocycles. The van der Waals surface area contributed by atoms with Crippen molar-refractivity contribution in [2.45, 2.75) is 52.5 Å². The molecule has 3 rings (SSSR count). The monoisotopic (exact) mass is 336 g/mol. The van der Waals surface area contributed by atoms with Crippen molar-refractivity contribution in [1.29, 1.82) is 0 Å². The molecule has 0 saturated carbocycles. The number of hydrogen-bond acceptors (Lipinski definition) is 2. The maximum absolute atomic E-state index is 13.2. The number of carbonyl (C=O) groups excluding carboxylic acids is 1. The van der Waals surface area contributed by atoms with E-state index in [9.17, 15) is 4.79 Å². The van der Waals surface area contributed by atoms with Gasteiger partial charge in [0.15, 0.2) is 0 Å². The summed E-state index contributed by atoms with van der Waals surface area (Å²) in [7, 11) is 0. The first-order valence-corrected chi connectivity index (χ1v) is 8.44. The molecular weight excluding hydrogens is 308 g/mol. The minimum Gasteiger partial charge on any atom is -0.342 e. The van der Waals surface area contributed by atoms with Gasteiger partial charge >= 0.3 is 0 Å². The van der Waals surface area contributed by atoms with Gasteiger partial charge in [-0.3, -0.25) is 4.79 Å². The van der Waals surface area contributed by atoms with Crippen LogP contribution in [0.3, 0.4) is 0 Å². The molecule has 0 bridgehead atoms. The van der Waals surface area contributed by atoms with Gasteiger partial charge < -0.3 is 10.6 Å². The lowest BCUT2D eigenvalue weighted by atomic mass is 9.71. The van der Waals surface area contributed by atoms with E-state index in [0.29, 0.717) is 5.91 Å². The van der Waals surface area contributed by atoms with Crippen molar-refractivity contribution in [1.82, 2.24) is 4.90 Å². The highest BCUT2D eigenvalue weighted by atomic mass is 35.5. The topological polar surface area (TPSA) is 46.3 Å². The van der Waals surface area contributed by atoms with Crippen molar-refractivity contribution in [3.05, 3.63) is 35.4 Å². The number of likely N-dealkylation sites (tertiary alicyclic amines) is 1. The molecule has 0 spiro atoms. The second-order valence-corrected chi connectivity index (χ2v) is 8.12. The summed E-state index contributed by atoms with van der Waals surface area (Å²) >= 11 is 0. The van der Waals surface area contributed by atoms with Gasteiger partial charge in [0.25, 0.3) is 0 Å². The van der Waals surface area contributed by atoms with Gasteiger partial charge in [0.2, 0.25) is 5.91 Å². The standard InChI is InChI=1S/C19H28N2O.ClH/c1-18(2)13-21(11-9-16(18)20)17(22)19(3)10-8-14-6-4-5-7-15(14)12-19;/h4-7,16H,8-13,20H2,1-3H3;1H. The Labute approximate surface area is 146 Å². The normalized spacial score (nSPS) is 29.4. The van der Waals surface area contributed by atoms with Gasteiger partial charge in [-0.1, -0.05) is 45.0 Å². The molecule has 2 unspecified atom stereocenters. The van der Waals surface area contributed by atoms with E-state index in [1.54, 1.807) is 0 Å². The van der Waals surface area contributed by atoms with E-state index < -0.39 is 0 Å². The maximum Gasteiger partial charge on any atom is 0.228 e. The van der Waals surface area contributed by atoms with E-state index in [1.165, 1.54) is 11.1 Å². The minimum atomic E-state index is -0.258. The Kier molecular flexibility index (Phi) is 5.12. The third kappa shape index (κ3) is 3.41. The fourth-order valence-corrected chi connectivity index (χ4v) is 4.00. The van der Waals surface area contributed by atoms with Gasteiger partial charge in [-0.25, -0.2) is 0 Å². The number of amides is 1. The molecule has 2 N–H and O–H groups in total. The van der Waals surface area contributed by atoms with Gasteiger partial charge in [-0.2, -0.15) is 0 Å². The molecule has 4 heteroatoms. The summed E-state index contributed by atoms with van der Waals surface area (Å²) in [4.78, 5) is 15.2. The number of nitrogens with two attached hydrogens (primary N) is 1. The minimum absolute atomic E-state index is 0. The first kappa shape index (κ1) is 18.3. The molecule has 3 nitrogen and oxygen atoms in total. The van der Waals surface area contributed by atoms with Gasteiger partial charge in [0.1, 0.15) is 0 Å². The van der Waals surface area contributed by atoms with Crippen molar-refractivity contribution >= 4 is 18.3 Å². The van der Waals surface area contributed by atoms with Crippen LogP contribution in [0.5, 0.6) is 0 Å². The highest BCUT2D eigenvalue weighted by Crippen LogP contribution is 2.38. The van der Waals surface area contributed by atoms with Crippen LogP contribution in [0.15, 0.2) is 24.3 Å². The van der Waals surface area contributed by atoms with E-state index in [4.69, 9.17) is 5.73 Å². The predicted molar refractivity (Wildman–Crippen MR) is 96.8 cm³/mol. The van der Waals surface area contributed by atoms with Crippen molar-refractivity contribution in [3.8, 4) is 0 Å². The molecule has 1 saturated heterocycles. The second kappa shape index (κ2) is 6.45. The van der Waals surface area contributed by atoms with Crippen LogP contribution in [0.25, 0.3) is 0 Å². The fourth-order valence-electron chi connectivity index (χ4n) is 4.00. The lowest BCUT2D eigenvalue weighted by Gasteiger charge is -2.46. The number of hydrogen-bond donors (Lipinski definition) is 1. The van der Waals surface area contributed by atoms with Crippen molar-refractivity contribution < 1.29 is 4.79 Å². The van der Waals surface area contributed by atoms with Gasteiger partial charge in [0.05, 0.1) is 5.41 Å². The first-order valence-electron chi connectivity index (χ1n) is 8.44. The van der Waals surface area contributed by atoms with E-state index in [1.807, 2.05) is 0 Å². The lowest BCUT2D eigenvalue weighted by molar-refractivity contribution is -0.145. The number of piperidine rings is 1. The third-order valence-electron chi connectivity index (χ3n) is 5.76. The first-order chi connectivity index (χ1) is 10.3. The molecule has 128 valence electrons. The molecule has 1 aliphatic carbocycles. The van der Waals surface area contributed by atoms with Gasteiger partial charge in [0, 0.05) is 19.1 Å². The van der Waals surface area contributed by atoms with Crippen molar-refractivity contribution in [2.75, 3.05) is 13.1 Å². The summed E-state index contributed by atoms with van der Waals surface area (Å²) in [5, 5.41) is 0. The molecule has 1 amide bonds. The third-order valence-corrected chi connectivity index (χ3v) is 5.76. The van der Waals surface area contributed by atoms with E-state index in [-0.39, 0.29) is 29.3 Å². The Bertz CT molecular complexity index is 586. The van der Waals surface area contributed by atoms with E-state index >= 15 is 0 Å². The summed E-state index contributed by atoms with van der Waals surface area (Å²) in [5.74, 6) is 0.321. The highest BCUT2D eigenvalue weighted by molar-refractivity contribution is 5.85. The molecule has 1 heterocycles. The number of halogens is 1. The smallest absolute Gasteiger partial charge is 0.228 e. The lowest BCUT2D eigenvalue weighted by Crippen LogP contribution is -2.57. The van der Waals surface area contributed by atoms with Crippen LogP contribution in [-0.4, -0.2) is 29.9 Å². The van der Waals surface area contributed by atoms with Crippen LogP contribution in [0.2, 0.25) is 0 Å².